The second-order valence-corrected chi connectivity index (χ2v) is 15.8. The minimum atomic E-state index is -1.07. The Morgan fingerprint density at radius 2 is 1.86 bits per heavy atom. The van der Waals surface area contributed by atoms with E-state index in [0.717, 1.165) is 44.8 Å². The molecular formula is C22H41N3O3Si. The van der Waals surface area contributed by atoms with Crippen LogP contribution in [0.4, 0.5) is 10.6 Å². The van der Waals surface area contributed by atoms with Gasteiger partial charge in [-0.25, -0.2) is 4.79 Å². The lowest BCUT2D eigenvalue weighted by Crippen LogP contribution is -2.44. The van der Waals surface area contributed by atoms with Gasteiger partial charge in [0.1, 0.15) is 18.1 Å². The molecule has 1 saturated heterocycles. The van der Waals surface area contributed by atoms with E-state index >= 15 is 0 Å². The normalized spacial score (nSPS) is 16.2. The van der Waals surface area contributed by atoms with Crippen molar-refractivity contribution in [1.82, 2.24) is 9.47 Å². The van der Waals surface area contributed by atoms with Crippen LogP contribution < -0.4 is 5.32 Å². The molecule has 0 saturated carbocycles. The monoisotopic (exact) mass is 423 g/mol. The lowest BCUT2D eigenvalue weighted by Gasteiger charge is -2.34. The standard InChI is InChI=1S/C22H41N3O3Si/c1-8-19-9-10-20(25(19)17-27-15-16-29(5,6)7)23-18-11-13-24(14-12-18)21(26)28-22(2,3)4/h9-10,18,23H,8,11-17H2,1-7H3. The Morgan fingerprint density at radius 1 is 1.21 bits per heavy atom. The zero-order chi connectivity index (χ0) is 21.7. The first-order chi connectivity index (χ1) is 13.5. The minimum Gasteiger partial charge on any atom is -0.444 e. The van der Waals surface area contributed by atoms with Gasteiger partial charge in [0.15, 0.2) is 0 Å². The molecule has 1 N–H and O–H groups in total. The highest BCUT2D eigenvalue weighted by Gasteiger charge is 2.27. The summed E-state index contributed by atoms with van der Waals surface area (Å²) in [7, 11) is -1.07. The summed E-state index contributed by atoms with van der Waals surface area (Å²) in [5.41, 5.74) is 0.839. The number of piperidine rings is 1. The van der Waals surface area contributed by atoms with Crippen molar-refractivity contribution < 1.29 is 14.3 Å². The predicted molar refractivity (Wildman–Crippen MR) is 122 cm³/mol. The number of nitrogens with one attached hydrogen (secondary N) is 1. The molecule has 0 bridgehead atoms. The average Bonchev–Trinajstić information content (AvgIpc) is 2.98. The Kier molecular flexibility index (Phi) is 8.23. The molecule has 1 aliphatic rings. The molecular weight excluding hydrogens is 382 g/mol. The number of likely N-dealkylation sites (tertiary alicyclic amines) is 1. The largest absolute Gasteiger partial charge is 0.444 e. The molecule has 2 heterocycles. The van der Waals surface area contributed by atoms with Crippen LogP contribution in [0, 0.1) is 0 Å². The molecule has 166 valence electrons. The molecule has 2 rings (SSSR count). The third kappa shape index (κ3) is 8.05. The quantitative estimate of drug-likeness (QED) is 0.463. The van der Waals surface area contributed by atoms with Crippen molar-refractivity contribution in [3.63, 3.8) is 0 Å². The van der Waals surface area contributed by atoms with E-state index in [1.807, 2.05) is 25.7 Å². The number of anilines is 1. The van der Waals surface area contributed by atoms with Gasteiger partial charge in [-0.1, -0.05) is 26.6 Å². The van der Waals surface area contributed by atoms with Gasteiger partial charge in [0.2, 0.25) is 0 Å². The summed E-state index contributed by atoms with van der Waals surface area (Å²) in [6.07, 6.45) is 2.62. The van der Waals surface area contributed by atoms with E-state index in [0.29, 0.717) is 12.8 Å². The number of aromatic nitrogens is 1. The zero-order valence-electron chi connectivity index (χ0n) is 19.5. The number of hydrogen-bond donors (Lipinski definition) is 1. The summed E-state index contributed by atoms with van der Waals surface area (Å²) < 4.78 is 13.8. The third-order valence-electron chi connectivity index (χ3n) is 5.15. The molecule has 0 aromatic carbocycles. The lowest BCUT2D eigenvalue weighted by molar-refractivity contribution is 0.0210. The first-order valence-electron chi connectivity index (χ1n) is 11.0. The van der Waals surface area contributed by atoms with Crippen molar-refractivity contribution in [1.29, 1.82) is 0 Å². The summed E-state index contributed by atoms with van der Waals surface area (Å²) in [6, 6.07) is 5.87. The number of rotatable bonds is 8. The highest BCUT2D eigenvalue weighted by Crippen LogP contribution is 2.22. The minimum absolute atomic E-state index is 0.205. The van der Waals surface area contributed by atoms with Gasteiger partial charge in [0.05, 0.1) is 0 Å². The van der Waals surface area contributed by atoms with E-state index < -0.39 is 13.7 Å². The van der Waals surface area contributed by atoms with Crippen LogP contribution in [0.2, 0.25) is 25.7 Å². The molecule has 1 amide bonds. The van der Waals surface area contributed by atoms with Gasteiger partial charge in [-0.2, -0.15) is 0 Å². The summed E-state index contributed by atoms with van der Waals surface area (Å²) >= 11 is 0. The van der Waals surface area contributed by atoms with Crippen LogP contribution in [0.25, 0.3) is 0 Å². The number of hydrogen-bond acceptors (Lipinski definition) is 4. The van der Waals surface area contributed by atoms with E-state index in [2.05, 4.69) is 48.6 Å². The lowest BCUT2D eigenvalue weighted by atomic mass is 10.1. The van der Waals surface area contributed by atoms with Gasteiger partial charge in [0.25, 0.3) is 0 Å². The fraction of sp³-hybridized carbons (Fsp3) is 0.773. The molecule has 1 aliphatic heterocycles. The Hall–Kier alpha value is -1.47. The van der Waals surface area contributed by atoms with E-state index in [-0.39, 0.29) is 6.09 Å². The second-order valence-electron chi connectivity index (χ2n) is 10.2. The number of carbonyl (C=O) groups is 1. The fourth-order valence-corrected chi connectivity index (χ4v) is 4.13. The van der Waals surface area contributed by atoms with E-state index in [9.17, 15) is 4.79 Å². The SMILES string of the molecule is CCc1ccc(NC2CCN(C(=O)OC(C)(C)C)CC2)n1COCC[Si](C)(C)C. The maximum atomic E-state index is 12.3. The molecule has 0 spiro atoms. The topological polar surface area (TPSA) is 55.7 Å². The van der Waals surface area contributed by atoms with Crippen LogP contribution in [0.3, 0.4) is 0 Å². The molecule has 0 atom stereocenters. The van der Waals surface area contributed by atoms with Crippen molar-refractivity contribution in [3.05, 3.63) is 17.8 Å². The first-order valence-corrected chi connectivity index (χ1v) is 14.7. The van der Waals surface area contributed by atoms with Gasteiger partial charge in [-0.3, -0.25) is 0 Å². The summed E-state index contributed by atoms with van der Waals surface area (Å²) in [5, 5.41) is 3.68. The number of amides is 1. The van der Waals surface area contributed by atoms with Gasteiger partial charge in [-0.05, 0) is 58.2 Å². The van der Waals surface area contributed by atoms with Crippen LogP contribution in [-0.4, -0.2) is 55.0 Å². The highest BCUT2D eigenvalue weighted by atomic mass is 28.3. The molecule has 29 heavy (non-hydrogen) atoms. The maximum Gasteiger partial charge on any atom is 0.410 e. The number of carbonyl (C=O) groups excluding carboxylic acids is 1. The van der Waals surface area contributed by atoms with Crippen molar-refractivity contribution in [2.45, 2.75) is 91.0 Å². The van der Waals surface area contributed by atoms with E-state index in [1.165, 1.54) is 11.7 Å². The smallest absolute Gasteiger partial charge is 0.410 e. The Bertz CT molecular complexity index is 653. The summed E-state index contributed by atoms with van der Waals surface area (Å²) in [4.78, 5) is 14.1. The van der Waals surface area contributed by atoms with E-state index in [4.69, 9.17) is 9.47 Å². The van der Waals surface area contributed by atoms with Crippen LogP contribution in [0.5, 0.6) is 0 Å². The molecule has 1 aromatic rings. The average molecular weight is 424 g/mol. The zero-order valence-corrected chi connectivity index (χ0v) is 20.5. The van der Waals surface area contributed by atoms with Crippen LogP contribution >= 0.6 is 0 Å². The predicted octanol–water partition coefficient (Wildman–Crippen LogP) is 5.17. The molecule has 1 aromatic heterocycles. The van der Waals surface area contributed by atoms with Crippen molar-refractivity contribution in [2.24, 2.45) is 0 Å². The van der Waals surface area contributed by atoms with Gasteiger partial charge in [0, 0.05) is 39.5 Å². The van der Waals surface area contributed by atoms with Crippen molar-refractivity contribution in [3.8, 4) is 0 Å². The van der Waals surface area contributed by atoms with Gasteiger partial charge < -0.3 is 24.3 Å². The molecule has 0 unspecified atom stereocenters. The van der Waals surface area contributed by atoms with Gasteiger partial charge >= 0.3 is 6.09 Å². The summed E-state index contributed by atoms with van der Waals surface area (Å²) in [5.74, 6) is 1.12. The molecule has 0 radical (unpaired) electrons. The maximum absolute atomic E-state index is 12.3. The summed E-state index contributed by atoms with van der Waals surface area (Å²) in [6.45, 7) is 17.9. The van der Waals surface area contributed by atoms with Crippen LogP contribution in [0.1, 0.15) is 46.2 Å². The van der Waals surface area contributed by atoms with Crippen LogP contribution in [-0.2, 0) is 22.6 Å². The fourth-order valence-electron chi connectivity index (χ4n) is 3.37. The first kappa shape index (κ1) is 23.8. The van der Waals surface area contributed by atoms with Crippen LogP contribution in [0.15, 0.2) is 12.1 Å². The Balaban J connectivity index is 1.87. The Labute approximate surface area is 177 Å². The van der Waals surface area contributed by atoms with Crippen molar-refractivity contribution in [2.75, 3.05) is 25.0 Å². The second kappa shape index (κ2) is 10.0. The number of nitrogens with zero attached hydrogens (tertiary/aromatic N) is 2. The molecule has 7 heteroatoms. The highest BCUT2D eigenvalue weighted by molar-refractivity contribution is 6.76. The third-order valence-corrected chi connectivity index (χ3v) is 6.85. The number of ether oxygens (including phenoxy) is 2. The molecule has 1 fully saturated rings. The molecule has 0 aliphatic carbocycles. The Morgan fingerprint density at radius 3 is 2.41 bits per heavy atom. The van der Waals surface area contributed by atoms with Crippen molar-refractivity contribution >= 4 is 20.0 Å². The molecule has 6 nitrogen and oxygen atoms in total. The van der Waals surface area contributed by atoms with E-state index in [1.54, 1.807) is 0 Å². The number of aryl methyl sites for hydroxylation is 1. The van der Waals surface area contributed by atoms with Gasteiger partial charge in [-0.15, -0.1) is 0 Å².